The normalized spacial score (nSPS) is 13.1. The maximum atomic E-state index is 5.68. The van der Waals surface area contributed by atoms with Crippen molar-refractivity contribution in [2.75, 3.05) is 18.5 Å². The molecule has 5 rings (SSSR count). The van der Waals surface area contributed by atoms with Crippen molar-refractivity contribution < 1.29 is 9.47 Å². The van der Waals surface area contributed by atoms with E-state index in [1.54, 1.807) is 23.7 Å². The Morgan fingerprint density at radius 3 is 2.92 bits per heavy atom. The van der Waals surface area contributed by atoms with Crippen LogP contribution in [0.3, 0.4) is 0 Å². The Morgan fingerprint density at radius 2 is 2.04 bits per heavy atom. The number of fused-ring (bicyclic) bond motifs is 2. The summed E-state index contributed by atoms with van der Waals surface area (Å²) in [5.41, 5.74) is 3.68. The predicted molar refractivity (Wildman–Crippen MR) is 97.0 cm³/mol. The fraction of sp³-hybridized carbons (Fsp3) is 0.111. The smallest absolute Gasteiger partial charge is 0.163 e. The summed E-state index contributed by atoms with van der Waals surface area (Å²) < 4.78 is 13.3. The molecule has 0 spiro atoms. The summed E-state index contributed by atoms with van der Waals surface area (Å²) in [5, 5.41) is 7.61. The Morgan fingerprint density at radius 1 is 1.12 bits per heavy atom. The van der Waals surface area contributed by atoms with Crippen LogP contribution in [-0.4, -0.2) is 27.6 Å². The van der Waals surface area contributed by atoms with E-state index in [0.717, 1.165) is 39.9 Å². The molecule has 124 valence electrons. The van der Waals surface area contributed by atoms with E-state index in [2.05, 4.69) is 21.7 Å². The molecule has 0 unspecified atom stereocenters. The Kier molecular flexibility index (Phi) is 3.31. The van der Waals surface area contributed by atoms with Gasteiger partial charge in [0.25, 0.3) is 0 Å². The second kappa shape index (κ2) is 5.78. The molecule has 0 atom stereocenters. The Hall–Kier alpha value is -3.06. The molecular weight excluding hydrogens is 336 g/mol. The van der Waals surface area contributed by atoms with Crippen molar-refractivity contribution in [1.82, 2.24) is 14.4 Å². The summed E-state index contributed by atoms with van der Waals surface area (Å²) in [4.78, 5) is 8.90. The number of nitrogens with zero attached hydrogens (tertiary/aromatic N) is 3. The number of hydrogen-bond acceptors (Lipinski definition) is 6. The van der Waals surface area contributed by atoms with Gasteiger partial charge in [0.15, 0.2) is 17.1 Å². The molecular formula is C18H14N4O2S. The largest absolute Gasteiger partial charge is 0.486 e. The second-order valence-corrected chi connectivity index (χ2v) is 6.39. The minimum atomic E-state index is 0.567. The quantitative estimate of drug-likeness (QED) is 0.606. The maximum Gasteiger partial charge on any atom is 0.163 e. The van der Waals surface area contributed by atoms with Crippen LogP contribution in [0.25, 0.3) is 16.9 Å². The third-order valence-electron chi connectivity index (χ3n) is 4.03. The summed E-state index contributed by atoms with van der Waals surface area (Å²) in [7, 11) is 0. The second-order valence-electron chi connectivity index (χ2n) is 5.61. The third-order valence-corrected chi connectivity index (χ3v) is 4.71. The van der Waals surface area contributed by atoms with Crippen molar-refractivity contribution in [1.29, 1.82) is 0 Å². The highest BCUT2D eigenvalue weighted by atomic mass is 32.1. The molecule has 0 saturated heterocycles. The van der Waals surface area contributed by atoms with Crippen LogP contribution >= 0.6 is 11.3 Å². The molecule has 4 aromatic rings. The molecule has 1 aliphatic heterocycles. The van der Waals surface area contributed by atoms with Gasteiger partial charge in [0.2, 0.25) is 0 Å². The lowest BCUT2D eigenvalue weighted by Crippen LogP contribution is -2.15. The minimum absolute atomic E-state index is 0.567. The SMILES string of the molecule is c1cn2c(Nc3ccc4c(c3)OCCO4)c(-c3ccsc3)nc2cn1. The third kappa shape index (κ3) is 2.49. The highest BCUT2D eigenvalue weighted by molar-refractivity contribution is 7.08. The van der Waals surface area contributed by atoms with Crippen molar-refractivity contribution in [3.8, 4) is 22.8 Å². The average molecular weight is 350 g/mol. The zero-order chi connectivity index (χ0) is 16.6. The molecule has 4 heterocycles. The van der Waals surface area contributed by atoms with Gasteiger partial charge in [-0.15, -0.1) is 0 Å². The summed E-state index contributed by atoms with van der Waals surface area (Å²) in [5.74, 6) is 2.42. The molecule has 0 fully saturated rings. The fourth-order valence-electron chi connectivity index (χ4n) is 2.88. The molecule has 0 aliphatic carbocycles. The number of imidazole rings is 1. The highest BCUT2D eigenvalue weighted by Crippen LogP contribution is 2.36. The summed E-state index contributed by atoms with van der Waals surface area (Å²) in [6.45, 7) is 1.15. The summed E-state index contributed by atoms with van der Waals surface area (Å²) in [6.07, 6.45) is 5.41. The van der Waals surface area contributed by atoms with Crippen LogP contribution in [0.5, 0.6) is 11.5 Å². The van der Waals surface area contributed by atoms with E-state index in [1.807, 2.05) is 34.2 Å². The summed E-state index contributed by atoms with van der Waals surface area (Å²) in [6, 6.07) is 7.92. The van der Waals surface area contributed by atoms with Gasteiger partial charge in [0.05, 0.1) is 6.20 Å². The van der Waals surface area contributed by atoms with Gasteiger partial charge in [-0.25, -0.2) is 4.98 Å². The molecule has 0 amide bonds. The van der Waals surface area contributed by atoms with E-state index in [0.29, 0.717) is 13.2 Å². The summed E-state index contributed by atoms with van der Waals surface area (Å²) >= 11 is 1.65. The van der Waals surface area contributed by atoms with E-state index in [4.69, 9.17) is 14.5 Å². The first-order valence-electron chi connectivity index (χ1n) is 7.90. The monoisotopic (exact) mass is 350 g/mol. The molecule has 0 radical (unpaired) electrons. The van der Waals surface area contributed by atoms with Gasteiger partial charge in [-0.05, 0) is 23.6 Å². The molecule has 1 aromatic carbocycles. The van der Waals surface area contributed by atoms with Crippen LogP contribution in [0.2, 0.25) is 0 Å². The lowest BCUT2D eigenvalue weighted by molar-refractivity contribution is 0.171. The van der Waals surface area contributed by atoms with Gasteiger partial charge in [-0.2, -0.15) is 11.3 Å². The molecule has 0 bridgehead atoms. The molecule has 6 nitrogen and oxygen atoms in total. The number of thiophene rings is 1. The molecule has 1 N–H and O–H groups in total. The van der Waals surface area contributed by atoms with E-state index in [1.165, 1.54) is 0 Å². The minimum Gasteiger partial charge on any atom is -0.486 e. The first-order valence-corrected chi connectivity index (χ1v) is 8.84. The van der Waals surface area contributed by atoms with Crippen LogP contribution < -0.4 is 14.8 Å². The van der Waals surface area contributed by atoms with Crippen LogP contribution in [0, 0.1) is 0 Å². The Balaban J connectivity index is 1.61. The van der Waals surface area contributed by atoms with Gasteiger partial charge in [-0.1, -0.05) is 0 Å². The zero-order valence-corrected chi connectivity index (χ0v) is 14.0. The number of nitrogens with one attached hydrogen (secondary N) is 1. The van der Waals surface area contributed by atoms with Crippen molar-refractivity contribution in [2.45, 2.75) is 0 Å². The standard InChI is InChI=1S/C18H14N4O2S/c1-2-14-15(24-7-6-23-14)9-13(1)20-18-17(12-3-8-25-11-12)21-16-10-19-4-5-22(16)18/h1-5,8-11,20H,6-7H2. The Bertz CT molecular complexity index is 1040. The van der Waals surface area contributed by atoms with Gasteiger partial charge >= 0.3 is 0 Å². The zero-order valence-electron chi connectivity index (χ0n) is 13.2. The predicted octanol–water partition coefficient (Wildman–Crippen LogP) is 3.97. The average Bonchev–Trinajstić information content (AvgIpc) is 3.30. The van der Waals surface area contributed by atoms with E-state index < -0.39 is 0 Å². The number of rotatable bonds is 3. The van der Waals surface area contributed by atoms with Crippen LogP contribution in [0.1, 0.15) is 0 Å². The molecule has 7 heteroatoms. The maximum absolute atomic E-state index is 5.68. The van der Waals surface area contributed by atoms with E-state index >= 15 is 0 Å². The van der Waals surface area contributed by atoms with Gasteiger partial charge in [-0.3, -0.25) is 9.38 Å². The molecule has 1 aliphatic rings. The van der Waals surface area contributed by atoms with E-state index in [-0.39, 0.29) is 0 Å². The highest BCUT2D eigenvalue weighted by Gasteiger charge is 2.17. The molecule has 3 aromatic heterocycles. The topological polar surface area (TPSA) is 60.7 Å². The lowest BCUT2D eigenvalue weighted by atomic mass is 10.2. The van der Waals surface area contributed by atoms with Gasteiger partial charge in [0.1, 0.15) is 24.7 Å². The van der Waals surface area contributed by atoms with Gasteiger partial charge in [0, 0.05) is 35.1 Å². The first-order chi connectivity index (χ1) is 12.4. The van der Waals surface area contributed by atoms with Crippen molar-refractivity contribution in [3.05, 3.63) is 53.6 Å². The van der Waals surface area contributed by atoms with Crippen LogP contribution in [0.4, 0.5) is 11.5 Å². The fourth-order valence-corrected chi connectivity index (χ4v) is 3.53. The first kappa shape index (κ1) is 14.3. The van der Waals surface area contributed by atoms with Crippen molar-refractivity contribution in [2.24, 2.45) is 0 Å². The lowest BCUT2D eigenvalue weighted by Gasteiger charge is -2.19. The number of anilines is 2. The van der Waals surface area contributed by atoms with Crippen molar-refractivity contribution in [3.63, 3.8) is 0 Å². The van der Waals surface area contributed by atoms with Crippen LogP contribution in [0.15, 0.2) is 53.6 Å². The number of aromatic nitrogens is 3. The van der Waals surface area contributed by atoms with Gasteiger partial charge < -0.3 is 14.8 Å². The number of hydrogen-bond donors (Lipinski definition) is 1. The van der Waals surface area contributed by atoms with Crippen LogP contribution in [-0.2, 0) is 0 Å². The molecule has 25 heavy (non-hydrogen) atoms. The number of benzene rings is 1. The Labute approximate surface area is 147 Å². The van der Waals surface area contributed by atoms with E-state index in [9.17, 15) is 0 Å². The molecule has 0 saturated carbocycles. The van der Waals surface area contributed by atoms with Crippen molar-refractivity contribution >= 4 is 28.5 Å². The number of ether oxygens (including phenoxy) is 2.